The number of benzene rings is 1. The molecule has 0 spiro atoms. The van der Waals surface area contributed by atoms with Crippen LogP contribution in [0.15, 0.2) is 51.0 Å². The normalized spacial score (nSPS) is 10.5. The smallest absolute Gasteiger partial charge is 0.437 e. The number of ether oxygens (including phenoxy) is 1. The Morgan fingerprint density at radius 2 is 2.13 bits per heavy atom. The highest BCUT2D eigenvalue weighted by Gasteiger charge is 2.13. The minimum Gasteiger partial charge on any atom is -0.497 e. The number of hydrogen-bond donors (Lipinski definition) is 1. The van der Waals surface area contributed by atoms with E-state index < -0.39 is 5.76 Å². The summed E-state index contributed by atoms with van der Waals surface area (Å²) < 4.78 is 11.1. The lowest BCUT2D eigenvalue weighted by Gasteiger charge is -2.05. The molecule has 0 saturated carbocycles. The predicted octanol–water partition coefficient (Wildman–Crippen LogP) is 2.21. The largest absolute Gasteiger partial charge is 0.497 e. The summed E-state index contributed by atoms with van der Waals surface area (Å²) >= 11 is 1.40. The Morgan fingerprint density at radius 3 is 2.78 bits per heavy atom. The molecule has 0 saturated heterocycles. The molecule has 0 aliphatic carbocycles. The lowest BCUT2D eigenvalue weighted by Crippen LogP contribution is -2.25. The lowest BCUT2D eigenvalue weighted by atomic mass is 10.3. The molecule has 7 nitrogen and oxygen atoms in total. The van der Waals surface area contributed by atoms with Crippen molar-refractivity contribution in [3.05, 3.63) is 52.3 Å². The molecular formula is C15H13N3O4S. The van der Waals surface area contributed by atoms with Gasteiger partial charge in [-0.2, -0.15) is 4.68 Å². The number of aromatic nitrogens is 2. The summed E-state index contributed by atoms with van der Waals surface area (Å²) in [5.74, 6) is -0.139. The SMILES string of the molecule is COc1ccc(NC(=O)Cn2nc(-c3cccs3)oc2=O)cc1. The Bertz CT molecular complexity index is 850. The Kier molecular flexibility index (Phi) is 4.24. The fourth-order valence-electron chi connectivity index (χ4n) is 1.92. The summed E-state index contributed by atoms with van der Waals surface area (Å²) in [6, 6.07) is 10.5. The molecule has 0 unspecified atom stereocenters. The second kappa shape index (κ2) is 6.49. The van der Waals surface area contributed by atoms with Crippen molar-refractivity contribution >= 4 is 22.9 Å². The molecule has 23 heavy (non-hydrogen) atoms. The van der Waals surface area contributed by atoms with Crippen molar-refractivity contribution in [3.8, 4) is 16.5 Å². The number of nitrogens with one attached hydrogen (secondary N) is 1. The summed E-state index contributed by atoms with van der Waals surface area (Å²) in [7, 11) is 1.57. The number of rotatable bonds is 5. The van der Waals surface area contributed by atoms with Gasteiger partial charge in [-0.15, -0.1) is 16.4 Å². The molecule has 0 aliphatic rings. The summed E-state index contributed by atoms with van der Waals surface area (Å²) in [6.07, 6.45) is 0. The van der Waals surface area contributed by atoms with Crippen molar-refractivity contribution in [2.45, 2.75) is 6.54 Å². The van der Waals surface area contributed by atoms with Crippen LogP contribution < -0.4 is 15.8 Å². The van der Waals surface area contributed by atoms with Gasteiger partial charge in [0, 0.05) is 5.69 Å². The quantitative estimate of drug-likeness (QED) is 0.774. The van der Waals surface area contributed by atoms with E-state index in [4.69, 9.17) is 9.15 Å². The van der Waals surface area contributed by atoms with E-state index in [2.05, 4.69) is 10.4 Å². The average molecular weight is 331 g/mol. The molecule has 0 bridgehead atoms. The zero-order valence-electron chi connectivity index (χ0n) is 12.2. The van der Waals surface area contributed by atoms with Crippen molar-refractivity contribution in [1.82, 2.24) is 9.78 Å². The van der Waals surface area contributed by atoms with Gasteiger partial charge in [-0.25, -0.2) is 4.79 Å². The zero-order chi connectivity index (χ0) is 16.2. The topological polar surface area (TPSA) is 86.4 Å². The first-order valence-corrected chi connectivity index (χ1v) is 7.59. The zero-order valence-corrected chi connectivity index (χ0v) is 13.0. The number of anilines is 1. The lowest BCUT2D eigenvalue weighted by molar-refractivity contribution is -0.117. The second-order valence-electron chi connectivity index (χ2n) is 4.58. The van der Waals surface area contributed by atoms with Gasteiger partial charge in [0.2, 0.25) is 5.91 Å². The maximum absolute atomic E-state index is 12.0. The molecular weight excluding hydrogens is 318 g/mol. The summed E-state index contributed by atoms with van der Waals surface area (Å²) in [5, 5.41) is 8.56. The van der Waals surface area contributed by atoms with Crippen molar-refractivity contribution < 1.29 is 13.9 Å². The Labute approximate surface area is 135 Å². The molecule has 0 aliphatic heterocycles. The molecule has 8 heteroatoms. The van der Waals surface area contributed by atoms with E-state index in [1.807, 2.05) is 11.4 Å². The minimum absolute atomic E-state index is 0.210. The van der Waals surface area contributed by atoms with Gasteiger partial charge < -0.3 is 14.5 Å². The molecule has 118 valence electrons. The monoisotopic (exact) mass is 331 g/mol. The van der Waals surface area contributed by atoms with Crippen LogP contribution in [-0.2, 0) is 11.3 Å². The fourth-order valence-corrected chi connectivity index (χ4v) is 2.56. The summed E-state index contributed by atoms with van der Waals surface area (Å²) in [4.78, 5) is 24.5. The number of hydrogen-bond acceptors (Lipinski definition) is 6. The van der Waals surface area contributed by atoms with Crippen LogP contribution in [0, 0.1) is 0 Å². The first-order chi connectivity index (χ1) is 11.2. The van der Waals surface area contributed by atoms with Gasteiger partial charge in [-0.3, -0.25) is 4.79 Å². The highest BCUT2D eigenvalue weighted by molar-refractivity contribution is 7.13. The Hall–Kier alpha value is -2.87. The van der Waals surface area contributed by atoms with E-state index in [9.17, 15) is 9.59 Å². The molecule has 1 N–H and O–H groups in total. The van der Waals surface area contributed by atoms with Crippen LogP contribution >= 0.6 is 11.3 Å². The van der Waals surface area contributed by atoms with Gasteiger partial charge in [0.1, 0.15) is 12.3 Å². The second-order valence-corrected chi connectivity index (χ2v) is 5.53. The maximum Gasteiger partial charge on any atom is 0.437 e. The van der Waals surface area contributed by atoms with Crippen molar-refractivity contribution in [1.29, 1.82) is 0 Å². The highest BCUT2D eigenvalue weighted by atomic mass is 32.1. The number of carbonyl (C=O) groups is 1. The van der Waals surface area contributed by atoms with Gasteiger partial charge in [-0.05, 0) is 35.7 Å². The van der Waals surface area contributed by atoms with Crippen molar-refractivity contribution in [2.24, 2.45) is 0 Å². The third-order valence-electron chi connectivity index (χ3n) is 3.01. The Balaban J connectivity index is 1.69. The predicted molar refractivity (Wildman–Crippen MR) is 85.7 cm³/mol. The summed E-state index contributed by atoms with van der Waals surface area (Å²) in [6.45, 7) is -0.222. The van der Waals surface area contributed by atoms with E-state index in [0.29, 0.717) is 11.4 Å². The third kappa shape index (κ3) is 3.49. The van der Waals surface area contributed by atoms with Crippen LogP contribution in [0.25, 0.3) is 10.8 Å². The third-order valence-corrected chi connectivity index (χ3v) is 3.86. The number of nitrogens with zero attached hydrogens (tertiary/aromatic N) is 2. The van der Waals surface area contributed by atoms with Crippen molar-refractivity contribution in [2.75, 3.05) is 12.4 Å². The highest BCUT2D eigenvalue weighted by Crippen LogP contribution is 2.21. The maximum atomic E-state index is 12.0. The Morgan fingerprint density at radius 1 is 1.35 bits per heavy atom. The van der Waals surface area contributed by atoms with Gasteiger partial charge >= 0.3 is 5.76 Å². The summed E-state index contributed by atoms with van der Waals surface area (Å²) in [5.41, 5.74) is 0.603. The van der Waals surface area contributed by atoms with Gasteiger partial charge in [0.25, 0.3) is 5.89 Å². The van der Waals surface area contributed by atoms with Crippen LogP contribution in [0.3, 0.4) is 0 Å². The van der Waals surface area contributed by atoms with E-state index in [-0.39, 0.29) is 18.3 Å². The molecule has 0 atom stereocenters. The van der Waals surface area contributed by atoms with Crippen molar-refractivity contribution in [3.63, 3.8) is 0 Å². The van der Waals surface area contributed by atoms with E-state index in [1.54, 1.807) is 37.4 Å². The van der Waals surface area contributed by atoms with E-state index >= 15 is 0 Å². The van der Waals surface area contributed by atoms with Crippen LogP contribution in [0.5, 0.6) is 5.75 Å². The average Bonchev–Trinajstić information content (AvgIpc) is 3.18. The van der Waals surface area contributed by atoms with Gasteiger partial charge in [-0.1, -0.05) is 6.07 Å². The molecule has 2 aromatic heterocycles. The van der Waals surface area contributed by atoms with E-state index in [1.165, 1.54) is 11.3 Å². The van der Waals surface area contributed by atoms with Crippen LogP contribution in [-0.4, -0.2) is 22.8 Å². The van der Waals surface area contributed by atoms with Crippen LogP contribution in [0.2, 0.25) is 0 Å². The van der Waals surface area contributed by atoms with Crippen LogP contribution in [0.4, 0.5) is 5.69 Å². The van der Waals surface area contributed by atoms with E-state index in [0.717, 1.165) is 9.56 Å². The van der Waals surface area contributed by atoms with Gasteiger partial charge in [0.15, 0.2) is 0 Å². The fraction of sp³-hybridized carbons (Fsp3) is 0.133. The number of carbonyl (C=O) groups excluding carboxylic acids is 1. The molecule has 3 rings (SSSR count). The standard InChI is InChI=1S/C15H13N3O4S/c1-21-11-6-4-10(5-7-11)16-13(19)9-18-15(20)22-14(17-18)12-3-2-8-23-12/h2-8H,9H2,1H3,(H,16,19). The molecule has 1 amide bonds. The number of methoxy groups -OCH3 is 1. The van der Waals surface area contributed by atoms with Gasteiger partial charge in [0.05, 0.1) is 12.0 Å². The molecule has 0 fully saturated rings. The first-order valence-electron chi connectivity index (χ1n) is 6.71. The number of amides is 1. The first kappa shape index (κ1) is 15.0. The molecule has 3 aromatic rings. The minimum atomic E-state index is -0.668. The van der Waals surface area contributed by atoms with Crippen LogP contribution in [0.1, 0.15) is 0 Å². The molecule has 0 radical (unpaired) electrons. The molecule has 1 aromatic carbocycles. The molecule has 2 heterocycles. The number of thiophene rings is 1.